The first-order chi connectivity index (χ1) is 18.3. The molecule has 9 nitrogen and oxygen atoms in total. The van der Waals surface area contributed by atoms with Crippen molar-refractivity contribution in [2.24, 2.45) is 0 Å². The maximum Gasteiger partial charge on any atom is 0.230 e. The second-order valence-electron chi connectivity index (χ2n) is 9.05. The minimum Gasteiger partial charge on any atom is -0.493 e. The molecule has 3 heterocycles. The van der Waals surface area contributed by atoms with Crippen LogP contribution < -0.4 is 14.8 Å². The summed E-state index contributed by atoms with van der Waals surface area (Å²) >= 11 is 5.89. The first-order valence-electron chi connectivity index (χ1n) is 12.5. The summed E-state index contributed by atoms with van der Waals surface area (Å²) in [5.74, 6) is 1.48. The molecule has 1 fully saturated rings. The Morgan fingerprint density at radius 3 is 2.66 bits per heavy atom. The Labute approximate surface area is 225 Å². The van der Waals surface area contributed by atoms with Gasteiger partial charge in [-0.15, -0.1) is 0 Å². The van der Waals surface area contributed by atoms with E-state index >= 15 is 0 Å². The van der Waals surface area contributed by atoms with Crippen molar-refractivity contribution in [2.75, 3.05) is 25.5 Å². The highest BCUT2D eigenvalue weighted by Gasteiger charge is 2.26. The first-order valence-corrected chi connectivity index (χ1v) is 12.9. The first kappa shape index (κ1) is 27.4. The van der Waals surface area contributed by atoms with E-state index in [1.807, 2.05) is 18.7 Å². The second kappa shape index (κ2) is 12.3. The molecule has 4 rings (SSSR count). The second-order valence-corrected chi connectivity index (χ2v) is 9.62. The Hall–Kier alpha value is -3.66. The molecule has 1 N–H and O–H groups in total. The molecule has 0 radical (unpaired) electrons. The molecule has 38 heavy (non-hydrogen) atoms. The van der Waals surface area contributed by atoms with E-state index < -0.39 is 5.83 Å². The van der Waals surface area contributed by atoms with E-state index in [4.69, 9.17) is 25.6 Å². The van der Waals surface area contributed by atoms with Crippen LogP contribution in [0.15, 0.2) is 51.7 Å². The maximum atomic E-state index is 14.6. The summed E-state index contributed by atoms with van der Waals surface area (Å²) in [4.78, 5) is 23.1. The van der Waals surface area contributed by atoms with Crippen molar-refractivity contribution >= 4 is 34.2 Å². The fourth-order valence-corrected chi connectivity index (χ4v) is 4.39. The number of nitrogens with one attached hydrogen (secondary N) is 1. The monoisotopic (exact) mass is 543 g/mol. The average molecular weight is 544 g/mol. The Morgan fingerprint density at radius 2 is 2.03 bits per heavy atom. The van der Waals surface area contributed by atoms with Crippen molar-refractivity contribution in [3.8, 4) is 11.5 Å². The van der Waals surface area contributed by atoms with Gasteiger partial charge in [0.05, 0.1) is 35.5 Å². The molecule has 11 heteroatoms. The van der Waals surface area contributed by atoms with Gasteiger partial charge < -0.3 is 24.2 Å². The molecule has 0 spiro atoms. The van der Waals surface area contributed by atoms with E-state index in [2.05, 4.69) is 20.4 Å². The number of allylic oxidation sites excluding steroid dienone is 3. The molecule has 1 aliphatic heterocycles. The molecule has 0 saturated carbocycles. The zero-order valence-corrected chi connectivity index (χ0v) is 22.6. The number of aryl methyl sites for hydroxylation is 1. The van der Waals surface area contributed by atoms with Crippen LogP contribution in [0.2, 0.25) is 0 Å². The lowest BCUT2D eigenvalue weighted by Crippen LogP contribution is -2.42. The minimum absolute atomic E-state index is 0.00625. The summed E-state index contributed by atoms with van der Waals surface area (Å²) in [5, 5.41) is 7.56. The highest BCUT2D eigenvalue weighted by molar-refractivity contribution is 6.29. The Kier molecular flexibility index (Phi) is 8.83. The smallest absolute Gasteiger partial charge is 0.230 e. The van der Waals surface area contributed by atoms with Crippen molar-refractivity contribution < 1.29 is 23.2 Å². The third kappa shape index (κ3) is 6.42. The molecule has 0 aliphatic carbocycles. The number of halogens is 2. The van der Waals surface area contributed by atoms with Gasteiger partial charge >= 0.3 is 0 Å². The number of carbonyl (C=O) groups is 1. The predicted octanol–water partition coefficient (Wildman–Crippen LogP) is 5.69. The highest BCUT2D eigenvalue weighted by atomic mass is 35.5. The van der Waals surface area contributed by atoms with Gasteiger partial charge in [-0.1, -0.05) is 29.8 Å². The summed E-state index contributed by atoms with van der Waals surface area (Å²) in [7, 11) is 1.55. The summed E-state index contributed by atoms with van der Waals surface area (Å²) in [6.07, 6.45) is 5.16. The molecule has 3 aromatic rings. The van der Waals surface area contributed by atoms with Crippen molar-refractivity contribution in [1.82, 2.24) is 20.0 Å². The predicted molar refractivity (Wildman–Crippen MR) is 143 cm³/mol. The van der Waals surface area contributed by atoms with Crippen LogP contribution >= 0.6 is 11.6 Å². The number of likely N-dealkylation sites (tertiary alicyclic amines) is 1. The molecule has 1 aliphatic rings. The van der Waals surface area contributed by atoms with E-state index in [-0.39, 0.29) is 29.2 Å². The number of ether oxygens (including phenoxy) is 2. The van der Waals surface area contributed by atoms with Crippen LogP contribution in [-0.4, -0.2) is 52.2 Å². The third-order valence-electron chi connectivity index (χ3n) is 6.21. The maximum absolute atomic E-state index is 14.6. The van der Waals surface area contributed by atoms with E-state index in [1.165, 1.54) is 13.3 Å². The van der Waals surface area contributed by atoms with Crippen LogP contribution in [0.1, 0.15) is 44.6 Å². The topological polar surface area (TPSA) is 103 Å². The quantitative estimate of drug-likeness (QED) is 0.343. The van der Waals surface area contributed by atoms with Gasteiger partial charge in [-0.25, -0.2) is 14.4 Å². The van der Waals surface area contributed by atoms with Gasteiger partial charge in [-0.2, -0.15) is 0 Å². The van der Waals surface area contributed by atoms with Crippen LogP contribution in [0, 0.1) is 6.92 Å². The number of nitrogens with zero attached hydrogens (tertiary/aromatic N) is 4. The molecular weight excluding hydrogens is 513 g/mol. The molecule has 0 unspecified atom stereocenters. The average Bonchev–Trinajstić information content (AvgIpc) is 3.32. The Bertz CT molecular complexity index is 1360. The minimum atomic E-state index is -0.548. The fourth-order valence-electron chi connectivity index (χ4n) is 4.29. The largest absolute Gasteiger partial charge is 0.493 e. The molecule has 1 saturated heterocycles. The van der Waals surface area contributed by atoms with Crippen molar-refractivity contribution in [2.45, 2.75) is 52.6 Å². The molecule has 0 bridgehead atoms. The summed E-state index contributed by atoms with van der Waals surface area (Å²) in [6, 6.07) is 5.33. The van der Waals surface area contributed by atoms with Crippen LogP contribution in [0.4, 0.5) is 10.2 Å². The molecule has 202 valence electrons. The molecular formula is C27H31ClFN5O4. The number of rotatable bonds is 9. The third-order valence-corrected chi connectivity index (χ3v) is 6.38. The number of methoxy groups -OCH3 is 1. The number of carbonyl (C=O) groups excluding carboxylic acids is 1. The van der Waals surface area contributed by atoms with Gasteiger partial charge in [0, 0.05) is 43.5 Å². The van der Waals surface area contributed by atoms with Gasteiger partial charge in [0.1, 0.15) is 24.0 Å². The van der Waals surface area contributed by atoms with E-state index in [1.54, 1.807) is 31.4 Å². The van der Waals surface area contributed by atoms with Gasteiger partial charge in [0.2, 0.25) is 5.91 Å². The standard InChI is InChI=1S/C27H31ClFN5O4/c1-5-6-21(26(29)17(3)28)32-27-20-13-23(36-4)24(14-22(20)30-15-31-27)37-18-7-9-34(10-8-18)25(35)12-19-11-16(2)33-38-19/h6,11,13-15,18H,5,7-10,12H2,1-4H3,(H,30,31,32)/b21-6+,26-17-. The molecule has 0 atom stereocenters. The van der Waals surface area contributed by atoms with Crippen LogP contribution in [-0.2, 0) is 11.2 Å². The number of hydrogen-bond acceptors (Lipinski definition) is 8. The molecule has 1 aromatic carbocycles. The number of amides is 1. The fraction of sp³-hybridized carbons (Fsp3) is 0.407. The zero-order chi connectivity index (χ0) is 27.2. The van der Waals surface area contributed by atoms with E-state index in [9.17, 15) is 9.18 Å². The van der Waals surface area contributed by atoms with E-state index in [0.717, 1.165) is 5.69 Å². The lowest BCUT2D eigenvalue weighted by Gasteiger charge is -2.32. The number of piperidine rings is 1. The van der Waals surface area contributed by atoms with E-state index in [0.29, 0.717) is 66.3 Å². The van der Waals surface area contributed by atoms with Crippen LogP contribution in [0.5, 0.6) is 11.5 Å². The van der Waals surface area contributed by atoms with Crippen molar-refractivity contribution in [3.63, 3.8) is 0 Å². The summed E-state index contributed by atoms with van der Waals surface area (Å²) in [6.45, 7) is 6.37. The number of hydrogen-bond donors (Lipinski definition) is 1. The number of benzene rings is 1. The summed E-state index contributed by atoms with van der Waals surface area (Å²) < 4.78 is 31.7. The van der Waals surface area contributed by atoms with Crippen LogP contribution in [0.25, 0.3) is 10.9 Å². The number of fused-ring (bicyclic) bond motifs is 1. The summed E-state index contributed by atoms with van der Waals surface area (Å²) in [5.41, 5.74) is 1.60. The van der Waals surface area contributed by atoms with Gasteiger partial charge in [-0.3, -0.25) is 4.79 Å². The Morgan fingerprint density at radius 1 is 1.26 bits per heavy atom. The van der Waals surface area contributed by atoms with Crippen LogP contribution in [0.3, 0.4) is 0 Å². The van der Waals surface area contributed by atoms with Gasteiger partial charge in [0.25, 0.3) is 0 Å². The molecule has 2 aromatic heterocycles. The lowest BCUT2D eigenvalue weighted by atomic mass is 10.1. The highest BCUT2D eigenvalue weighted by Crippen LogP contribution is 2.36. The number of aromatic nitrogens is 3. The number of anilines is 1. The van der Waals surface area contributed by atoms with Crippen molar-refractivity contribution in [3.05, 3.63) is 58.6 Å². The normalized spacial score (nSPS) is 15.4. The zero-order valence-electron chi connectivity index (χ0n) is 21.9. The Balaban J connectivity index is 1.47. The SMILES string of the molecule is CC/C=C(Nc1ncnc2cc(OC3CCN(C(=O)Cc4cc(C)no4)CC3)c(OC)cc12)\C(F)=C(/C)Cl. The van der Waals surface area contributed by atoms with Gasteiger partial charge in [0.15, 0.2) is 17.3 Å². The molecule has 1 amide bonds. The lowest BCUT2D eigenvalue weighted by molar-refractivity contribution is -0.132. The van der Waals surface area contributed by atoms with Crippen molar-refractivity contribution in [1.29, 1.82) is 0 Å². The van der Waals surface area contributed by atoms with Gasteiger partial charge in [-0.05, 0) is 26.3 Å².